The number of nitrogens with zero attached hydrogens (tertiary/aromatic N) is 4. The molecule has 0 aliphatic carbocycles. The van der Waals surface area contributed by atoms with Crippen LogP contribution in [0.2, 0.25) is 0 Å². The molecule has 2 rings (SSSR count). The first-order valence-corrected chi connectivity index (χ1v) is 7.56. The quantitative estimate of drug-likeness (QED) is 0.906. The summed E-state index contributed by atoms with van der Waals surface area (Å²) < 4.78 is 44.5. The minimum atomic E-state index is -4.25. The van der Waals surface area contributed by atoms with Crippen LogP contribution >= 0.6 is 0 Å². The number of rotatable bonds is 3. The van der Waals surface area contributed by atoms with Gasteiger partial charge < -0.3 is 15.0 Å². The van der Waals surface area contributed by atoms with Crippen molar-refractivity contribution < 1.29 is 22.7 Å². The molecule has 136 valence electrons. The van der Waals surface area contributed by atoms with Crippen molar-refractivity contribution in [1.29, 1.82) is 0 Å². The Morgan fingerprint density at radius 3 is 2.46 bits per heavy atom. The van der Waals surface area contributed by atoms with E-state index in [0.29, 0.717) is 5.69 Å². The minimum absolute atomic E-state index is 0.217. The van der Waals surface area contributed by atoms with Gasteiger partial charge in [-0.1, -0.05) is 0 Å². The van der Waals surface area contributed by atoms with Crippen molar-refractivity contribution in [2.24, 2.45) is 7.05 Å². The lowest BCUT2D eigenvalue weighted by molar-refractivity contribution is -0.160. The molecular formula is C14H22F3N5O2. The normalized spacial score (nSPS) is 22.5. The number of methoxy groups -OCH3 is 1. The summed E-state index contributed by atoms with van der Waals surface area (Å²) in [4.78, 5) is 15.3. The molecule has 10 heteroatoms. The fraction of sp³-hybridized carbons (Fsp3) is 0.714. The fourth-order valence-corrected chi connectivity index (χ4v) is 2.94. The smallest absolute Gasteiger partial charge is 0.401 e. The van der Waals surface area contributed by atoms with Crippen LogP contribution in [0.1, 0.15) is 13.8 Å². The largest absolute Gasteiger partial charge is 0.478 e. The van der Waals surface area contributed by atoms with E-state index >= 15 is 0 Å². The monoisotopic (exact) mass is 349 g/mol. The number of piperazine rings is 1. The predicted octanol–water partition coefficient (Wildman–Crippen LogP) is 1.92. The summed E-state index contributed by atoms with van der Waals surface area (Å²) in [5.41, 5.74) is 0.419. The van der Waals surface area contributed by atoms with E-state index in [1.54, 1.807) is 27.1 Å². The van der Waals surface area contributed by atoms with Crippen LogP contribution < -0.4 is 10.1 Å². The third kappa shape index (κ3) is 4.31. The third-order valence-corrected chi connectivity index (χ3v) is 3.98. The molecule has 0 bridgehead atoms. The molecule has 2 amide bonds. The van der Waals surface area contributed by atoms with E-state index in [-0.39, 0.29) is 25.0 Å². The fourth-order valence-electron chi connectivity index (χ4n) is 2.94. The predicted molar refractivity (Wildman–Crippen MR) is 82.0 cm³/mol. The number of aryl methyl sites for hydroxylation is 1. The molecule has 0 radical (unpaired) electrons. The van der Waals surface area contributed by atoms with Gasteiger partial charge in [0.25, 0.3) is 5.88 Å². The number of carbonyl (C=O) groups is 1. The lowest BCUT2D eigenvalue weighted by Crippen LogP contribution is -2.60. The van der Waals surface area contributed by atoms with Crippen molar-refractivity contribution in [3.8, 4) is 5.88 Å². The second-order valence-electron chi connectivity index (χ2n) is 6.05. The molecule has 1 saturated heterocycles. The Labute approximate surface area is 138 Å². The average molecular weight is 349 g/mol. The molecule has 2 heterocycles. The Balaban J connectivity index is 2.02. The number of amides is 2. The molecule has 1 aliphatic rings. The van der Waals surface area contributed by atoms with Crippen molar-refractivity contribution in [3.63, 3.8) is 0 Å². The zero-order chi connectivity index (χ0) is 18.1. The lowest BCUT2D eigenvalue weighted by Gasteiger charge is -2.44. The minimum Gasteiger partial charge on any atom is -0.478 e. The Kier molecular flexibility index (Phi) is 5.26. The van der Waals surface area contributed by atoms with Gasteiger partial charge in [0.05, 0.1) is 19.9 Å². The van der Waals surface area contributed by atoms with Crippen LogP contribution in [0.5, 0.6) is 5.88 Å². The van der Waals surface area contributed by atoms with Gasteiger partial charge in [-0.25, -0.2) is 4.79 Å². The number of urea groups is 1. The van der Waals surface area contributed by atoms with E-state index < -0.39 is 24.8 Å². The van der Waals surface area contributed by atoms with Crippen molar-refractivity contribution >= 4 is 11.7 Å². The Hall–Kier alpha value is -1.97. The van der Waals surface area contributed by atoms with Gasteiger partial charge in [-0.15, -0.1) is 5.10 Å². The molecule has 1 fully saturated rings. The van der Waals surface area contributed by atoms with Gasteiger partial charge in [-0.3, -0.25) is 9.58 Å². The number of alkyl halides is 3. The number of nitrogens with one attached hydrogen (secondary N) is 1. The average Bonchev–Trinajstić information content (AvgIpc) is 2.81. The maximum atomic E-state index is 12.7. The molecular weight excluding hydrogens is 327 g/mol. The highest BCUT2D eigenvalue weighted by Gasteiger charge is 2.39. The maximum Gasteiger partial charge on any atom is 0.401 e. The number of hydrogen-bond acceptors (Lipinski definition) is 4. The van der Waals surface area contributed by atoms with Crippen LogP contribution in [0.3, 0.4) is 0 Å². The number of hydrogen-bond donors (Lipinski definition) is 1. The van der Waals surface area contributed by atoms with Gasteiger partial charge >= 0.3 is 12.2 Å². The number of carbonyl (C=O) groups excluding carboxylic acids is 1. The molecule has 1 aliphatic heterocycles. The van der Waals surface area contributed by atoms with E-state index in [2.05, 4.69) is 10.4 Å². The first-order valence-electron chi connectivity index (χ1n) is 7.56. The van der Waals surface area contributed by atoms with E-state index in [4.69, 9.17) is 4.74 Å². The van der Waals surface area contributed by atoms with Crippen LogP contribution in [0.25, 0.3) is 0 Å². The SMILES string of the molecule is COc1nn(C)cc1NC(=O)N1C[C@@H](C)N(CC(F)(F)F)[C@@H](C)C1. The number of anilines is 1. The molecule has 0 unspecified atom stereocenters. The van der Waals surface area contributed by atoms with Crippen molar-refractivity contribution in [2.75, 3.05) is 32.1 Å². The highest BCUT2D eigenvalue weighted by Crippen LogP contribution is 2.25. The van der Waals surface area contributed by atoms with Gasteiger partial charge in [0.15, 0.2) is 0 Å². The van der Waals surface area contributed by atoms with Crippen molar-refractivity contribution in [3.05, 3.63) is 6.20 Å². The summed E-state index contributed by atoms with van der Waals surface area (Å²) in [5, 5.41) is 6.73. The van der Waals surface area contributed by atoms with E-state index in [1.165, 1.54) is 21.6 Å². The van der Waals surface area contributed by atoms with Gasteiger partial charge in [0.1, 0.15) is 5.69 Å². The van der Waals surface area contributed by atoms with Crippen LogP contribution in [0, 0.1) is 0 Å². The van der Waals surface area contributed by atoms with E-state index in [1.807, 2.05) is 0 Å². The number of ether oxygens (including phenoxy) is 1. The molecule has 0 spiro atoms. The lowest BCUT2D eigenvalue weighted by atomic mass is 10.1. The number of halogens is 3. The zero-order valence-corrected chi connectivity index (χ0v) is 14.1. The van der Waals surface area contributed by atoms with Crippen LogP contribution in [0.15, 0.2) is 6.20 Å². The molecule has 7 nitrogen and oxygen atoms in total. The maximum absolute atomic E-state index is 12.7. The summed E-state index contributed by atoms with van der Waals surface area (Å²) in [6, 6.07) is -1.17. The molecule has 1 aromatic heterocycles. The van der Waals surface area contributed by atoms with Crippen molar-refractivity contribution in [1.82, 2.24) is 19.6 Å². The first-order chi connectivity index (χ1) is 11.1. The summed E-state index contributed by atoms with van der Waals surface area (Å²) in [6.07, 6.45) is -2.65. The number of aromatic nitrogens is 2. The van der Waals surface area contributed by atoms with E-state index in [9.17, 15) is 18.0 Å². The summed E-state index contributed by atoms with van der Waals surface area (Å²) in [5.74, 6) is 0.280. The van der Waals surface area contributed by atoms with Crippen LogP contribution in [-0.4, -0.2) is 70.6 Å². The Bertz CT molecular complexity index is 577. The Morgan fingerprint density at radius 1 is 1.38 bits per heavy atom. The topological polar surface area (TPSA) is 62.6 Å². The molecule has 24 heavy (non-hydrogen) atoms. The molecule has 1 N–H and O–H groups in total. The summed E-state index contributed by atoms with van der Waals surface area (Å²) in [7, 11) is 3.14. The molecule has 1 aromatic rings. The molecule has 0 aromatic carbocycles. The Morgan fingerprint density at radius 2 is 1.96 bits per heavy atom. The molecule has 0 saturated carbocycles. The third-order valence-electron chi connectivity index (χ3n) is 3.98. The highest BCUT2D eigenvalue weighted by atomic mass is 19.4. The van der Waals surface area contributed by atoms with Crippen LogP contribution in [-0.2, 0) is 7.05 Å². The first kappa shape index (κ1) is 18.4. The van der Waals surface area contributed by atoms with Crippen LogP contribution in [0.4, 0.5) is 23.7 Å². The van der Waals surface area contributed by atoms with Gasteiger partial charge in [-0.2, -0.15) is 13.2 Å². The highest BCUT2D eigenvalue weighted by molar-refractivity contribution is 5.90. The van der Waals surface area contributed by atoms with Gasteiger partial charge in [0.2, 0.25) is 0 Å². The second-order valence-corrected chi connectivity index (χ2v) is 6.05. The van der Waals surface area contributed by atoms with E-state index in [0.717, 1.165) is 0 Å². The standard InChI is InChI=1S/C14H22F3N5O2/c1-9-5-21(6-10(2)22(9)8-14(15,16)17)13(23)18-11-7-20(3)19-12(11)24-4/h7,9-10H,5-6,8H2,1-4H3,(H,18,23)/t9-,10+. The second kappa shape index (κ2) is 6.88. The van der Waals surface area contributed by atoms with Crippen molar-refractivity contribution in [2.45, 2.75) is 32.1 Å². The summed E-state index contributed by atoms with van der Waals surface area (Å²) in [6.45, 7) is 2.84. The zero-order valence-electron chi connectivity index (χ0n) is 14.1. The molecule has 2 atom stereocenters. The van der Waals surface area contributed by atoms with Gasteiger partial charge in [0, 0.05) is 32.2 Å². The summed E-state index contributed by atoms with van der Waals surface area (Å²) >= 11 is 0. The van der Waals surface area contributed by atoms with Gasteiger partial charge in [-0.05, 0) is 13.8 Å².